The van der Waals surface area contributed by atoms with Crippen LogP contribution in [0.5, 0.6) is 0 Å². The molecular weight excluding hydrogens is 160 g/mol. The van der Waals surface area contributed by atoms with Gasteiger partial charge in [0.05, 0.1) is 12.7 Å². The van der Waals surface area contributed by atoms with Crippen molar-refractivity contribution in [3.63, 3.8) is 0 Å². The van der Waals surface area contributed by atoms with Crippen LogP contribution in [0.25, 0.3) is 0 Å². The Morgan fingerprint density at radius 3 is 2.69 bits per heavy atom. The summed E-state index contributed by atoms with van der Waals surface area (Å²) in [5.41, 5.74) is 0. The van der Waals surface area contributed by atoms with Gasteiger partial charge in [-0.05, 0) is 6.42 Å². The van der Waals surface area contributed by atoms with E-state index in [-0.39, 0.29) is 0 Å². The van der Waals surface area contributed by atoms with Crippen molar-refractivity contribution in [1.29, 1.82) is 0 Å². The van der Waals surface area contributed by atoms with Crippen molar-refractivity contribution in [3.8, 4) is 0 Å². The van der Waals surface area contributed by atoms with E-state index in [1.165, 1.54) is 0 Å². The first-order valence-electron chi connectivity index (χ1n) is 4.67. The molecule has 0 spiro atoms. The molecule has 0 radical (unpaired) electrons. The molecule has 0 saturated carbocycles. The van der Waals surface area contributed by atoms with Gasteiger partial charge < -0.3 is 0 Å². The van der Waals surface area contributed by atoms with E-state index < -0.39 is 0 Å². The summed E-state index contributed by atoms with van der Waals surface area (Å²) in [7, 11) is 2.04. The minimum absolute atomic E-state index is 0.928. The molecular formula is C11H17N2+. The van der Waals surface area contributed by atoms with Gasteiger partial charge in [0.2, 0.25) is 0 Å². The lowest BCUT2D eigenvalue weighted by molar-refractivity contribution is -0.752. The zero-order valence-corrected chi connectivity index (χ0v) is 8.35. The summed E-state index contributed by atoms with van der Waals surface area (Å²) in [6.07, 6.45) is 13.7. The standard InChI is InChI=1S/C11H17N2/c1-3-4-5-6-7-10-13-11-8-9-12(13)2/h4-9,11H,3,10H2,1-2H3/q+1. The highest BCUT2D eigenvalue weighted by Crippen LogP contribution is 1.86. The van der Waals surface area contributed by atoms with Gasteiger partial charge in [-0.3, -0.25) is 0 Å². The van der Waals surface area contributed by atoms with Crippen LogP contribution in [0.4, 0.5) is 0 Å². The molecule has 0 aromatic carbocycles. The maximum absolute atomic E-state index is 2.14. The van der Waals surface area contributed by atoms with Crippen LogP contribution in [-0.4, -0.2) is 4.68 Å². The SMILES string of the molecule is CCC=CC=CCn1ccc[n+]1C. The molecule has 2 nitrogen and oxygen atoms in total. The van der Waals surface area contributed by atoms with Crippen LogP contribution >= 0.6 is 0 Å². The summed E-state index contributed by atoms with van der Waals surface area (Å²) in [6, 6.07) is 2.04. The van der Waals surface area contributed by atoms with Crippen molar-refractivity contribution in [2.24, 2.45) is 7.05 Å². The van der Waals surface area contributed by atoms with Crippen molar-refractivity contribution in [3.05, 3.63) is 42.8 Å². The Labute approximate surface area is 79.8 Å². The molecule has 1 heterocycles. The van der Waals surface area contributed by atoms with Crippen molar-refractivity contribution in [2.75, 3.05) is 0 Å². The third-order valence-electron chi connectivity index (χ3n) is 1.88. The molecule has 0 unspecified atom stereocenters. The Hall–Kier alpha value is -1.31. The van der Waals surface area contributed by atoms with Gasteiger partial charge in [0, 0.05) is 6.07 Å². The number of nitrogens with zero attached hydrogens (tertiary/aromatic N) is 2. The van der Waals surface area contributed by atoms with Crippen LogP contribution in [0, 0.1) is 0 Å². The Morgan fingerprint density at radius 2 is 2.08 bits per heavy atom. The van der Waals surface area contributed by atoms with Gasteiger partial charge in [-0.2, -0.15) is 4.68 Å². The van der Waals surface area contributed by atoms with E-state index in [2.05, 4.69) is 46.8 Å². The fourth-order valence-electron chi connectivity index (χ4n) is 1.10. The van der Waals surface area contributed by atoms with Crippen molar-refractivity contribution < 1.29 is 4.68 Å². The number of rotatable bonds is 4. The van der Waals surface area contributed by atoms with Gasteiger partial charge in [-0.1, -0.05) is 31.2 Å². The summed E-state index contributed by atoms with van der Waals surface area (Å²) in [4.78, 5) is 0. The Balaban J connectivity index is 2.39. The van der Waals surface area contributed by atoms with E-state index in [0.29, 0.717) is 0 Å². The second-order valence-corrected chi connectivity index (χ2v) is 2.95. The van der Waals surface area contributed by atoms with Crippen molar-refractivity contribution in [1.82, 2.24) is 4.68 Å². The molecule has 0 aliphatic rings. The van der Waals surface area contributed by atoms with Gasteiger partial charge >= 0.3 is 0 Å². The van der Waals surface area contributed by atoms with Crippen LogP contribution in [0.2, 0.25) is 0 Å². The fourth-order valence-corrected chi connectivity index (χ4v) is 1.10. The van der Waals surface area contributed by atoms with Crippen LogP contribution in [0.15, 0.2) is 42.8 Å². The molecule has 13 heavy (non-hydrogen) atoms. The van der Waals surface area contributed by atoms with Crippen LogP contribution in [0.3, 0.4) is 0 Å². The predicted molar refractivity (Wildman–Crippen MR) is 54.2 cm³/mol. The summed E-state index contributed by atoms with van der Waals surface area (Å²) in [5, 5.41) is 0. The van der Waals surface area contributed by atoms with E-state index in [1.807, 2.05) is 19.3 Å². The van der Waals surface area contributed by atoms with E-state index in [9.17, 15) is 0 Å². The second-order valence-electron chi connectivity index (χ2n) is 2.95. The molecule has 1 aromatic rings. The van der Waals surface area contributed by atoms with Crippen molar-refractivity contribution in [2.45, 2.75) is 19.9 Å². The first-order chi connectivity index (χ1) is 6.34. The number of allylic oxidation sites excluding steroid dienone is 4. The van der Waals surface area contributed by atoms with Gasteiger partial charge in [-0.25, -0.2) is 0 Å². The lowest BCUT2D eigenvalue weighted by atomic mass is 10.4. The summed E-state index contributed by atoms with van der Waals surface area (Å²) >= 11 is 0. The molecule has 0 atom stereocenters. The molecule has 0 saturated heterocycles. The van der Waals surface area contributed by atoms with E-state index in [1.54, 1.807) is 0 Å². The highest BCUT2D eigenvalue weighted by atomic mass is 15.4. The van der Waals surface area contributed by atoms with E-state index in [0.717, 1.165) is 13.0 Å². The Kier molecular flexibility index (Phi) is 4.03. The molecule has 0 fully saturated rings. The molecule has 2 heteroatoms. The molecule has 0 N–H and O–H groups in total. The lowest BCUT2D eigenvalue weighted by Gasteiger charge is -1.92. The summed E-state index contributed by atoms with van der Waals surface area (Å²) in [6.45, 7) is 3.06. The number of aromatic nitrogens is 2. The van der Waals surface area contributed by atoms with E-state index in [4.69, 9.17) is 0 Å². The van der Waals surface area contributed by atoms with Gasteiger partial charge in [0.1, 0.15) is 0 Å². The van der Waals surface area contributed by atoms with Crippen LogP contribution in [-0.2, 0) is 13.6 Å². The smallest absolute Gasteiger partial charge is 0.157 e. The van der Waals surface area contributed by atoms with Crippen molar-refractivity contribution >= 4 is 0 Å². The molecule has 1 aromatic heterocycles. The van der Waals surface area contributed by atoms with Gasteiger partial charge in [-0.15, -0.1) is 4.68 Å². The van der Waals surface area contributed by atoms with Crippen LogP contribution < -0.4 is 4.68 Å². The number of hydrogen-bond donors (Lipinski definition) is 0. The van der Waals surface area contributed by atoms with Gasteiger partial charge in [0.25, 0.3) is 0 Å². The molecule has 70 valence electrons. The largest absolute Gasteiger partial charge is 0.195 e. The topological polar surface area (TPSA) is 8.81 Å². The average Bonchev–Trinajstić information content (AvgIpc) is 2.52. The first kappa shape index (κ1) is 9.78. The quantitative estimate of drug-likeness (QED) is 0.490. The molecule has 0 aliphatic carbocycles. The zero-order chi connectivity index (χ0) is 9.52. The second kappa shape index (κ2) is 5.36. The maximum atomic E-state index is 2.14. The molecule has 0 amide bonds. The highest BCUT2D eigenvalue weighted by molar-refractivity contribution is 5.01. The first-order valence-corrected chi connectivity index (χ1v) is 4.67. The number of aryl methyl sites for hydroxylation is 1. The van der Waals surface area contributed by atoms with Crippen LogP contribution in [0.1, 0.15) is 13.3 Å². The normalized spacial score (nSPS) is 11.8. The summed E-state index contributed by atoms with van der Waals surface area (Å²) in [5.74, 6) is 0. The maximum Gasteiger partial charge on any atom is 0.195 e. The van der Waals surface area contributed by atoms with E-state index >= 15 is 0 Å². The number of hydrogen-bond acceptors (Lipinski definition) is 0. The Bertz CT molecular complexity index is 295. The third kappa shape index (κ3) is 3.28. The lowest BCUT2D eigenvalue weighted by Crippen LogP contribution is -2.37. The minimum atomic E-state index is 0.928. The van der Waals surface area contributed by atoms with Gasteiger partial charge in [0.15, 0.2) is 13.2 Å². The third-order valence-corrected chi connectivity index (χ3v) is 1.88. The fraction of sp³-hybridized carbons (Fsp3) is 0.364. The predicted octanol–water partition coefficient (Wildman–Crippen LogP) is 1.83. The summed E-state index contributed by atoms with van der Waals surface area (Å²) < 4.78 is 4.20. The molecule has 0 aliphatic heterocycles. The monoisotopic (exact) mass is 177 g/mol. The molecule has 1 rings (SSSR count). The minimum Gasteiger partial charge on any atom is -0.157 e. The average molecular weight is 177 g/mol. The molecule has 0 bridgehead atoms. The highest BCUT2D eigenvalue weighted by Gasteiger charge is 1.96. The Morgan fingerprint density at radius 1 is 1.31 bits per heavy atom. The zero-order valence-electron chi connectivity index (χ0n) is 8.35.